The number of carbonyl (C=O) groups excluding carboxylic acids is 1. The van der Waals surface area contributed by atoms with E-state index in [0.29, 0.717) is 13.1 Å². The third-order valence-corrected chi connectivity index (χ3v) is 4.27. The quantitative estimate of drug-likeness (QED) is 0.866. The summed E-state index contributed by atoms with van der Waals surface area (Å²) < 4.78 is 0. The fourth-order valence-corrected chi connectivity index (χ4v) is 3.02. The number of aryl methyl sites for hydroxylation is 1. The van der Waals surface area contributed by atoms with Gasteiger partial charge in [0.2, 0.25) is 0 Å². The number of rotatable bonds is 5. The van der Waals surface area contributed by atoms with Crippen molar-refractivity contribution in [3.63, 3.8) is 0 Å². The van der Waals surface area contributed by atoms with E-state index in [2.05, 4.69) is 15.2 Å². The average molecular weight is 334 g/mol. The molecule has 1 aliphatic rings. The molecule has 6 nitrogen and oxygen atoms in total. The second-order valence-corrected chi connectivity index (χ2v) is 7.17. The molecule has 2 rings (SSSR count). The molecule has 134 valence electrons. The van der Waals surface area contributed by atoms with E-state index in [0.717, 1.165) is 37.4 Å². The van der Waals surface area contributed by atoms with E-state index in [9.17, 15) is 9.90 Å². The topological polar surface area (TPSA) is 68.7 Å². The molecule has 0 atom stereocenters. The molecule has 24 heavy (non-hydrogen) atoms. The lowest BCUT2D eigenvalue weighted by Gasteiger charge is -2.35. The van der Waals surface area contributed by atoms with Crippen molar-refractivity contribution in [3.05, 3.63) is 23.9 Å². The number of amides is 2. The summed E-state index contributed by atoms with van der Waals surface area (Å²) in [5.74, 6) is 1.01. The maximum atomic E-state index is 12.4. The zero-order valence-corrected chi connectivity index (χ0v) is 15.2. The fraction of sp³-hybridized carbons (Fsp3) is 0.667. The molecule has 0 aromatic carbocycles. The van der Waals surface area contributed by atoms with Crippen LogP contribution in [0.2, 0.25) is 0 Å². The molecule has 1 fully saturated rings. The molecule has 0 bridgehead atoms. The minimum absolute atomic E-state index is 0.0910. The van der Waals surface area contributed by atoms with Gasteiger partial charge in [0.25, 0.3) is 0 Å². The molecule has 0 aliphatic carbocycles. The van der Waals surface area contributed by atoms with Gasteiger partial charge in [-0.1, -0.05) is 6.07 Å². The predicted molar refractivity (Wildman–Crippen MR) is 96.3 cm³/mol. The number of aliphatic hydroxyl groups is 1. The summed E-state index contributed by atoms with van der Waals surface area (Å²) in [6.07, 6.45) is 1.81. The summed E-state index contributed by atoms with van der Waals surface area (Å²) in [7, 11) is 0. The number of pyridine rings is 1. The first-order valence-corrected chi connectivity index (χ1v) is 8.75. The molecule has 2 amide bonds. The molecule has 0 saturated carbocycles. The zero-order chi connectivity index (χ0) is 17.7. The number of nitrogens with one attached hydrogen (secondary N) is 1. The van der Waals surface area contributed by atoms with E-state index in [4.69, 9.17) is 0 Å². The zero-order valence-electron chi connectivity index (χ0n) is 15.2. The van der Waals surface area contributed by atoms with Crippen molar-refractivity contribution in [2.75, 3.05) is 31.1 Å². The van der Waals surface area contributed by atoms with Crippen LogP contribution < -0.4 is 10.2 Å². The highest BCUT2D eigenvalue weighted by atomic mass is 16.3. The monoisotopic (exact) mass is 334 g/mol. The van der Waals surface area contributed by atoms with Gasteiger partial charge in [0, 0.05) is 31.4 Å². The normalized spacial score (nSPS) is 16.1. The Kier molecular flexibility index (Phi) is 6.04. The van der Waals surface area contributed by atoms with Crippen molar-refractivity contribution in [2.45, 2.75) is 52.2 Å². The molecule has 1 aromatic rings. The Labute approximate surface area is 144 Å². The number of aromatic nitrogens is 1. The maximum Gasteiger partial charge on any atom is 0.317 e. The van der Waals surface area contributed by atoms with Gasteiger partial charge in [0.05, 0.1) is 12.1 Å². The summed E-state index contributed by atoms with van der Waals surface area (Å²) in [5, 5.41) is 13.0. The Morgan fingerprint density at radius 3 is 2.62 bits per heavy atom. The Morgan fingerprint density at radius 2 is 2.08 bits per heavy atom. The molecule has 0 unspecified atom stereocenters. The summed E-state index contributed by atoms with van der Waals surface area (Å²) in [5.41, 5.74) is 0.140. The van der Waals surface area contributed by atoms with E-state index >= 15 is 0 Å². The smallest absolute Gasteiger partial charge is 0.317 e. The number of hydrogen-bond donors (Lipinski definition) is 2. The predicted octanol–water partition coefficient (Wildman–Crippen LogP) is 2.16. The highest BCUT2D eigenvalue weighted by Crippen LogP contribution is 2.18. The van der Waals surface area contributed by atoms with E-state index in [1.807, 2.05) is 32.0 Å². The molecule has 1 saturated heterocycles. The molecule has 1 aliphatic heterocycles. The molecule has 0 spiro atoms. The Hall–Kier alpha value is -1.82. The van der Waals surface area contributed by atoms with Crippen molar-refractivity contribution < 1.29 is 9.90 Å². The van der Waals surface area contributed by atoms with E-state index in [-0.39, 0.29) is 12.1 Å². The minimum atomic E-state index is -0.881. The van der Waals surface area contributed by atoms with Gasteiger partial charge in [0.15, 0.2) is 0 Å². The maximum absolute atomic E-state index is 12.4. The summed E-state index contributed by atoms with van der Waals surface area (Å²) >= 11 is 0. The first kappa shape index (κ1) is 18.5. The van der Waals surface area contributed by atoms with Crippen molar-refractivity contribution in [1.82, 2.24) is 15.2 Å². The number of nitrogens with zero attached hydrogens (tertiary/aromatic N) is 3. The number of likely N-dealkylation sites (N-methyl/N-ethyl adjacent to an activating group) is 1. The van der Waals surface area contributed by atoms with Crippen LogP contribution in [0.5, 0.6) is 0 Å². The van der Waals surface area contributed by atoms with Crippen LogP contribution in [0.3, 0.4) is 0 Å². The third-order valence-electron chi connectivity index (χ3n) is 4.27. The Bertz CT molecular complexity index is 548. The van der Waals surface area contributed by atoms with Gasteiger partial charge in [-0.25, -0.2) is 9.78 Å². The van der Waals surface area contributed by atoms with Gasteiger partial charge in [0.1, 0.15) is 5.82 Å². The van der Waals surface area contributed by atoms with Crippen molar-refractivity contribution in [3.8, 4) is 0 Å². The molecule has 1 aromatic heterocycles. The van der Waals surface area contributed by atoms with Crippen LogP contribution in [0.4, 0.5) is 10.6 Å². The van der Waals surface area contributed by atoms with Crippen molar-refractivity contribution in [1.29, 1.82) is 0 Å². The van der Waals surface area contributed by atoms with E-state index in [1.165, 1.54) is 0 Å². The lowest BCUT2D eigenvalue weighted by molar-refractivity contribution is 0.0474. The minimum Gasteiger partial charge on any atom is -0.389 e. The molecule has 2 N–H and O–H groups in total. The lowest BCUT2D eigenvalue weighted by Crippen LogP contribution is -2.52. The third kappa shape index (κ3) is 5.37. The van der Waals surface area contributed by atoms with E-state index < -0.39 is 5.60 Å². The number of piperidine rings is 1. The summed E-state index contributed by atoms with van der Waals surface area (Å²) in [4.78, 5) is 20.9. The van der Waals surface area contributed by atoms with Gasteiger partial charge in [-0.3, -0.25) is 0 Å². The highest BCUT2D eigenvalue weighted by molar-refractivity contribution is 5.74. The second-order valence-electron chi connectivity index (χ2n) is 7.17. The van der Waals surface area contributed by atoms with Crippen molar-refractivity contribution >= 4 is 11.8 Å². The first-order chi connectivity index (χ1) is 11.3. The fourth-order valence-electron chi connectivity index (χ4n) is 3.02. The van der Waals surface area contributed by atoms with Gasteiger partial charge in [-0.2, -0.15) is 0 Å². The van der Waals surface area contributed by atoms with Gasteiger partial charge in [-0.15, -0.1) is 0 Å². The van der Waals surface area contributed by atoms with Gasteiger partial charge in [-0.05, 0) is 52.7 Å². The Balaban J connectivity index is 1.85. The number of carbonyl (C=O) groups is 1. The van der Waals surface area contributed by atoms with Gasteiger partial charge < -0.3 is 20.2 Å². The first-order valence-electron chi connectivity index (χ1n) is 8.75. The van der Waals surface area contributed by atoms with Crippen LogP contribution in [0, 0.1) is 6.92 Å². The molecular weight excluding hydrogens is 304 g/mol. The van der Waals surface area contributed by atoms with Crippen LogP contribution in [0.1, 0.15) is 39.3 Å². The largest absolute Gasteiger partial charge is 0.389 e. The Morgan fingerprint density at radius 1 is 1.42 bits per heavy atom. The molecule has 2 heterocycles. The SMILES string of the molecule is CCN(CC(C)(C)O)C(=O)NC1CCN(c2cccc(C)n2)CC1. The molecule has 6 heteroatoms. The average Bonchev–Trinajstić information content (AvgIpc) is 2.52. The number of urea groups is 1. The molecular formula is C18H30N4O2. The van der Waals surface area contributed by atoms with Crippen molar-refractivity contribution in [2.24, 2.45) is 0 Å². The van der Waals surface area contributed by atoms with Gasteiger partial charge >= 0.3 is 6.03 Å². The highest BCUT2D eigenvalue weighted by Gasteiger charge is 2.25. The van der Waals surface area contributed by atoms with E-state index in [1.54, 1.807) is 18.7 Å². The molecule has 0 radical (unpaired) electrons. The lowest BCUT2D eigenvalue weighted by atomic mass is 10.0. The van der Waals surface area contributed by atoms with Crippen LogP contribution in [-0.4, -0.2) is 58.8 Å². The van der Waals surface area contributed by atoms with Crippen LogP contribution in [0.15, 0.2) is 18.2 Å². The van der Waals surface area contributed by atoms with Crippen LogP contribution in [0.25, 0.3) is 0 Å². The standard InChI is InChI=1S/C18H30N4O2/c1-5-21(13-18(3,4)24)17(23)20-15-9-11-22(12-10-15)16-8-6-7-14(2)19-16/h6-8,15,24H,5,9-13H2,1-4H3,(H,20,23). The second kappa shape index (κ2) is 7.83. The van der Waals surface area contributed by atoms with Crippen LogP contribution >= 0.6 is 0 Å². The van der Waals surface area contributed by atoms with Crippen LogP contribution in [-0.2, 0) is 0 Å². The summed E-state index contributed by atoms with van der Waals surface area (Å²) in [6.45, 7) is 10.1. The summed E-state index contributed by atoms with van der Waals surface area (Å²) in [6, 6.07) is 6.15. The number of anilines is 1. The number of hydrogen-bond acceptors (Lipinski definition) is 4.